The van der Waals surface area contributed by atoms with Gasteiger partial charge in [0.2, 0.25) is 0 Å². The van der Waals surface area contributed by atoms with Crippen LogP contribution in [-0.2, 0) is 0 Å². The fourth-order valence-corrected chi connectivity index (χ4v) is 3.50. The molecule has 2 aliphatic carbocycles. The van der Waals surface area contributed by atoms with Crippen LogP contribution in [-0.4, -0.2) is 6.04 Å². The smallest absolute Gasteiger partial charge is 0.0450 e. The second-order valence-corrected chi connectivity index (χ2v) is 5.59. The molecule has 3 unspecified atom stereocenters. The van der Waals surface area contributed by atoms with Crippen molar-refractivity contribution in [3.05, 3.63) is 11.6 Å². The molecule has 16 heavy (non-hydrogen) atoms. The molecule has 2 nitrogen and oxygen atoms in total. The molecule has 92 valence electrons. The van der Waals surface area contributed by atoms with Gasteiger partial charge in [-0.05, 0) is 43.9 Å². The van der Waals surface area contributed by atoms with E-state index in [2.05, 4.69) is 18.4 Å². The number of hydrazine groups is 1. The van der Waals surface area contributed by atoms with Gasteiger partial charge in [0.1, 0.15) is 0 Å². The van der Waals surface area contributed by atoms with Crippen LogP contribution in [0.2, 0.25) is 0 Å². The molecule has 2 heteroatoms. The topological polar surface area (TPSA) is 38.0 Å². The number of hydrogen-bond acceptors (Lipinski definition) is 2. The van der Waals surface area contributed by atoms with Crippen LogP contribution in [0.15, 0.2) is 11.6 Å². The highest BCUT2D eigenvalue weighted by Crippen LogP contribution is 2.37. The monoisotopic (exact) mass is 222 g/mol. The quantitative estimate of drug-likeness (QED) is 0.437. The molecule has 2 rings (SSSR count). The Bertz CT molecular complexity index is 247. The summed E-state index contributed by atoms with van der Waals surface area (Å²) in [6.07, 6.45) is 13.2. The van der Waals surface area contributed by atoms with Crippen LogP contribution in [0.3, 0.4) is 0 Å². The summed E-state index contributed by atoms with van der Waals surface area (Å²) in [6.45, 7) is 2.39. The van der Waals surface area contributed by atoms with Gasteiger partial charge >= 0.3 is 0 Å². The summed E-state index contributed by atoms with van der Waals surface area (Å²) in [4.78, 5) is 0. The minimum Gasteiger partial charge on any atom is -0.271 e. The molecule has 0 spiro atoms. The maximum atomic E-state index is 5.81. The van der Waals surface area contributed by atoms with Crippen LogP contribution in [0.5, 0.6) is 0 Å². The van der Waals surface area contributed by atoms with E-state index in [1.54, 1.807) is 5.57 Å². The van der Waals surface area contributed by atoms with Crippen LogP contribution in [0.4, 0.5) is 0 Å². The molecule has 0 saturated heterocycles. The normalized spacial score (nSPS) is 33.2. The lowest BCUT2D eigenvalue weighted by Gasteiger charge is -2.28. The van der Waals surface area contributed by atoms with Gasteiger partial charge in [0.25, 0.3) is 0 Å². The molecule has 0 amide bonds. The summed E-state index contributed by atoms with van der Waals surface area (Å²) in [6, 6.07) is 0.454. The molecule has 1 fully saturated rings. The Morgan fingerprint density at radius 1 is 1.25 bits per heavy atom. The zero-order chi connectivity index (χ0) is 11.4. The summed E-state index contributed by atoms with van der Waals surface area (Å²) >= 11 is 0. The van der Waals surface area contributed by atoms with Crippen LogP contribution >= 0.6 is 0 Å². The molecule has 0 radical (unpaired) electrons. The van der Waals surface area contributed by atoms with Gasteiger partial charge < -0.3 is 0 Å². The third-order valence-electron chi connectivity index (χ3n) is 4.51. The molecular formula is C14H26N2. The van der Waals surface area contributed by atoms with E-state index in [4.69, 9.17) is 5.84 Å². The van der Waals surface area contributed by atoms with Crippen molar-refractivity contribution < 1.29 is 0 Å². The summed E-state index contributed by atoms with van der Waals surface area (Å²) < 4.78 is 0. The number of nitrogens with two attached hydrogens (primary N) is 1. The lowest BCUT2D eigenvalue weighted by molar-refractivity contribution is 0.324. The average Bonchev–Trinajstić information content (AvgIpc) is 2.57. The van der Waals surface area contributed by atoms with Gasteiger partial charge in [0.05, 0.1) is 0 Å². The van der Waals surface area contributed by atoms with Crippen molar-refractivity contribution >= 4 is 0 Å². The first kappa shape index (κ1) is 12.1. The fourth-order valence-electron chi connectivity index (χ4n) is 3.50. The molecule has 1 saturated carbocycles. The van der Waals surface area contributed by atoms with Gasteiger partial charge in [-0.3, -0.25) is 11.3 Å². The van der Waals surface area contributed by atoms with Crippen LogP contribution in [0, 0.1) is 11.8 Å². The number of hydrogen-bond donors (Lipinski definition) is 2. The SMILES string of the molecule is CC1CCCC1C(NN)C1=CCCCCC1. The van der Waals surface area contributed by atoms with Crippen LogP contribution in [0.25, 0.3) is 0 Å². The van der Waals surface area contributed by atoms with Crippen LogP contribution < -0.4 is 11.3 Å². The van der Waals surface area contributed by atoms with Gasteiger partial charge in [-0.15, -0.1) is 0 Å². The predicted octanol–water partition coefficient (Wildman–Crippen LogP) is 3.15. The van der Waals surface area contributed by atoms with E-state index in [0.717, 1.165) is 11.8 Å². The molecular weight excluding hydrogens is 196 g/mol. The number of rotatable bonds is 3. The molecule has 0 aromatic heterocycles. The number of nitrogens with one attached hydrogen (secondary N) is 1. The maximum absolute atomic E-state index is 5.81. The predicted molar refractivity (Wildman–Crippen MR) is 68.8 cm³/mol. The molecule has 0 bridgehead atoms. The van der Waals surface area contributed by atoms with E-state index in [1.165, 1.54) is 51.4 Å². The molecule has 0 aromatic rings. The Labute approximate surface area is 99.6 Å². The minimum atomic E-state index is 0.454. The lowest BCUT2D eigenvalue weighted by atomic mass is 9.84. The fraction of sp³-hybridized carbons (Fsp3) is 0.857. The highest BCUT2D eigenvalue weighted by Gasteiger charge is 2.32. The average molecular weight is 222 g/mol. The van der Waals surface area contributed by atoms with Gasteiger partial charge in [0, 0.05) is 6.04 Å². The van der Waals surface area contributed by atoms with Crippen molar-refractivity contribution in [2.45, 2.75) is 64.3 Å². The summed E-state index contributed by atoms with van der Waals surface area (Å²) in [5.41, 5.74) is 4.70. The van der Waals surface area contributed by atoms with E-state index in [1.807, 2.05) is 0 Å². The van der Waals surface area contributed by atoms with Gasteiger partial charge in [0.15, 0.2) is 0 Å². The van der Waals surface area contributed by atoms with Crippen molar-refractivity contribution in [3.63, 3.8) is 0 Å². The van der Waals surface area contributed by atoms with E-state index in [-0.39, 0.29) is 0 Å². The largest absolute Gasteiger partial charge is 0.271 e. The molecule has 3 atom stereocenters. The Kier molecular flexibility index (Phi) is 4.42. The van der Waals surface area contributed by atoms with Gasteiger partial charge in [-0.2, -0.15) is 0 Å². The van der Waals surface area contributed by atoms with E-state index < -0.39 is 0 Å². The minimum absolute atomic E-state index is 0.454. The van der Waals surface area contributed by atoms with Crippen LogP contribution in [0.1, 0.15) is 58.3 Å². The Morgan fingerprint density at radius 3 is 2.81 bits per heavy atom. The van der Waals surface area contributed by atoms with E-state index in [9.17, 15) is 0 Å². The second kappa shape index (κ2) is 5.83. The van der Waals surface area contributed by atoms with Crippen molar-refractivity contribution in [1.29, 1.82) is 0 Å². The number of allylic oxidation sites excluding steroid dienone is 1. The zero-order valence-corrected chi connectivity index (χ0v) is 10.5. The lowest BCUT2D eigenvalue weighted by Crippen LogP contribution is -2.43. The van der Waals surface area contributed by atoms with E-state index in [0.29, 0.717) is 6.04 Å². The van der Waals surface area contributed by atoms with Crippen molar-refractivity contribution in [3.8, 4) is 0 Å². The Hall–Kier alpha value is -0.340. The second-order valence-electron chi connectivity index (χ2n) is 5.59. The first-order chi connectivity index (χ1) is 7.83. The summed E-state index contributed by atoms with van der Waals surface area (Å²) in [5, 5.41) is 0. The third-order valence-corrected chi connectivity index (χ3v) is 4.51. The first-order valence-corrected chi connectivity index (χ1v) is 6.98. The van der Waals surface area contributed by atoms with Crippen molar-refractivity contribution in [2.75, 3.05) is 0 Å². The molecule has 0 aromatic carbocycles. The summed E-state index contributed by atoms with van der Waals surface area (Å²) in [5.74, 6) is 7.42. The molecule has 0 aliphatic heterocycles. The summed E-state index contributed by atoms with van der Waals surface area (Å²) in [7, 11) is 0. The van der Waals surface area contributed by atoms with Gasteiger partial charge in [-0.25, -0.2) is 0 Å². The Balaban J connectivity index is 2.05. The highest BCUT2D eigenvalue weighted by molar-refractivity contribution is 5.14. The van der Waals surface area contributed by atoms with Gasteiger partial charge in [-0.1, -0.05) is 37.8 Å². The molecule has 3 N–H and O–H groups in total. The Morgan fingerprint density at radius 2 is 2.12 bits per heavy atom. The first-order valence-electron chi connectivity index (χ1n) is 6.98. The van der Waals surface area contributed by atoms with Crippen molar-refractivity contribution in [1.82, 2.24) is 5.43 Å². The molecule has 2 aliphatic rings. The maximum Gasteiger partial charge on any atom is 0.0450 e. The standard InChI is InChI=1S/C14H26N2/c1-11-7-6-10-13(11)14(16-15)12-8-4-2-3-5-9-12/h8,11,13-14,16H,2-7,9-10,15H2,1H3. The van der Waals surface area contributed by atoms with Crippen molar-refractivity contribution in [2.24, 2.45) is 17.7 Å². The zero-order valence-electron chi connectivity index (χ0n) is 10.5. The third kappa shape index (κ3) is 2.67. The highest BCUT2D eigenvalue weighted by atomic mass is 15.2. The van der Waals surface area contributed by atoms with E-state index >= 15 is 0 Å². The molecule has 0 heterocycles.